The highest BCUT2D eigenvalue weighted by atomic mass is 16.5. The van der Waals surface area contributed by atoms with Gasteiger partial charge >= 0.3 is 0 Å². The van der Waals surface area contributed by atoms with E-state index in [-0.39, 0.29) is 6.04 Å². The van der Waals surface area contributed by atoms with Crippen molar-refractivity contribution in [3.8, 4) is 22.5 Å². The van der Waals surface area contributed by atoms with Crippen LogP contribution in [0.15, 0.2) is 95.5 Å². The molecule has 0 aliphatic rings. The van der Waals surface area contributed by atoms with Crippen molar-refractivity contribution < 1.29 is 4.52 Å². The Labute approximate surface area is 171 Å². The molecule has 1 atom stereocenters. The van der Waals surface area contributed by atoms with Gasteiger partial charge in [0.15, 0.2) is 5.76 Å². The number of hydrogen-bond acceptors (Lipinski definition) is 3. The average molecular weight is 380 g/mol. The first kappa shape index (κ1) is 18.8. The monoisotopic (exact) mass is 380 g/mol. The number of nitrogens with zero attached hydrogens (tertiary/aromatic N) is 1. The molecule has 0 amide bonds. The quantitative estimate of drug-likeness (QED) is 0.398. The molecule has 0 fully saturated rings. The number of nitrogens with one attached hydrogen (secondary N) is 1. The highest BCUT2D eigenvalue weighted by molar-refractivity contribution is 5.77. The van der Waals surface area contributed by atoms with Gasteiger partial charge in [0.05, 0.1) is 0 Å². The van der Waals surface area contributed by atoms with E-state index < -0.39 is 0 Å². The lowest BCUT2D eigenvalue weighted by molar-refractivity contribution is 0.427. The first-order valence-electron chi connectivity index (χ1n) is 9.82. The summed E-state index contributed by atoms with van der Waals surface area (Å²) in [4.78, 5) is 0. The lowest BCUT2D eigenvalue weighted by atomic mass is 10.0. The summed E-state index contributed by atoms with van der Waals surface area (Å²) in [6.45, 7) is 4.08. The van der Waals surface area contributed by atoms with Gasteiger partial charge in [-0.3, -0.25) is 0 Å². The third-order valence-corrected chi connectivity index (χ3v) is 4.87. The molecule has 144 valence electrons. The standard InChI is InChI=1S/C26H24N2O/c1-19(13-14-21-9-5-3-6-10-21)27-25-20(2)28-29-26(25)24-17-15-23(16-18-24)22-11-7-4-8-12-22/h3-19,27H,1-2H3/b14-13+. The lowest BCUT2D eigenvalue weighted by Gasteiger charge is -2.12. The third-order valence-electron chi connectivity index (χ3n) is 4.87. The number of anilines is 1. The zero-order chi connectivity index (χ0) is 20.1. The Balaban J connectivity index is 1.53. The molecule has 1 N–H and O–H groups in total. The second kappa shape index (κ2) is 8.61. The largest absolute Gasteiger partial charge is 0.374 e. The van der Waals surface area contributed by atoms with E-state index in [1.54, 1.807) is 0 Å². The van der Waals surface area contributed by atoms with Crippen molar-refractivity contribution in [2.45, 2.75) is 19.9 Å². The predicted molar refractivity (Wildman–Crippen MR) is 121 cm³/mol. The van der Waals surface area contributed by atoms with E-state index >= 15 is 0 Å². The van der Waals surface area contributed by atoms with Crippen LogP contribution in [-0.4, -0.2) is 11.2 Å². The summed E-state index contributed by atoms with van der Waals surface area (Å²) in [5.74, 6) is 0.766. The van der Waals surface area contributed by atoms with Crippen molar-refractivity contribution in [3.05, 3.63) is 102 Å². The van der Waals surface area contributed by atoms with Crippen LogP contribution in [0.2, 0.25) is 0 Å². The van der Waals surface area contributed by atoms with E-state index in [2.05, 4.69) is 90.2 Å². The van der Waals surface area contributed by atoms with Gasteiger partial charge in [0.25, 0.3) is 0 Å². The molecular weight excluding hydrogens is 356 g/mol. The van der Waals surface area contributed by atoms with Crippen molar-refractivity contribution >= 4 is 11.8 Å². The van der Waals surface area contributed by atoms with Gasteiger partial charge in [0.2, 0.25) is 0 Å². The first-order valence-corrected chi connectivity index (χ1v) is 9.82. The molecule has 0 radical (unpaired) electrons. The molecule has 0 saturated carbocycles. The molecule has 1 heterocycles. The number of hydrogen-bond donors (Lipinski definition) is 1. The van der Waals surface area contributed by atoms with Crippen molar-refractivity contribution in [1.29, 1.82) is 0 Å². The molecule has 0 saturated heterocycles. The zero-order valence-electron chi connectivity index (χ0n) is 16.7. The maximum Gasteiger partial charge on any atom is 0.190 e. The highest BCUT2D eigenvalue weighted by Gasteiger charge is 2.16. The van der Waals surface area contributed by atoms with Gasteiger partial charge in [-0.05, 0) is 30.5 Å². The van der Waals surface area contributed by atoms with E-state index in [4.69, 9.17) is 4.52 Å². The Bertz CT molecular complexity index is 1080. The van der Waals surface area contributed by atoms with Gasteiger partial charge in [0.1, 0.15) is 11.4 Å². The molecule has 1 unspecified atom stereocenters. The number of aromatic nitrogens is 1. The van der Waals surface area contributed by atoms with Crippen molar-refractivity contribution in [2.75, 3.05) is 5.32 Å². The minimum absolute atomic E-state index is 0.135. The van der Waals surface area contributed by atoms with Crippen LogP contribution < -0.4 is 5.32 Å². The summed E-state index contributed by atoms with van der Waals surface area (Å²) in [6.07, 6.45) is 4.26. The summed E-state index contributed by atoms with van der Waals surface area (Å²) in [6, 6.07) is 29.2. The minimum Gasteiger partial charge on any atom is -0.374 e. The molecule has 3 nitrogen and oxygen atoms in total. The minimum atomic E-state index is 0.135. The van der Waals surface area contributed by atoms with Crippen LogP contribution in [-0.2, 0) is 0 Å². The number of aryl methyl sites for hydroxylation is 1. The molecule has 0 aliphatic heterocycles. The smallest absolute Gasteiger partial charge is 0.190 e. The van der Waals surface area contributed by atoms with Gasteiger partial charge in [-0.25, -0.2) is 0 Å². The fourth-order valence-electron chi connectivity index (χ4n) is 3.28. The molecule has 0 aliphatic carbocycles. The van der Waals surface area contributed by atoms with Gasteiger partial charge in [0, 0.05) is 11.6 Å². The van der Waals surface area contributed by atoms with Crippen LogP contribution in [0.4, 0.5) is 5.69 Å². The van der Waals surface area contributed by atoms with E-state index in [9.17, 15) is 0 Å². The normalized spacial score (nSPS) is 12.2. The van der Waals surface area contributed by atoms with Crippen LogP contribution in [0, 0.1) is 6.92 Å². The molecule has 29 heavy (non-hydrogen) atoms. The van der Waals surface area contributed by atoms with Crippen LogP contribution in [0.5, 0.6) is 0 Å². The second-order valence-corrected chi connectivity index (χ2v) is 7.12. The summed E-state index contributed by atoms with van der Waals surface area (Å²) >= 11 is 0. The molecule has 0 bridgehead atoms. The summed E-state index contributed by atoms with van der Waals surface area (Å²) in [5.41, 5.74) is 6.35. The van der Waals surface area contributed by atoms with Gasteiger partial charge in [-0.1, -0.05) is 102 Å². The number of benzene rings is 3. The van der Waals surface area contributed by atoms with Crippen molar-refractivity contribution in [1.82, 2.24) is 5.16 Å². The van der Waals surface area contributed by atoms with Crippen molar-refractivity contribution in [2.24, 2.45) is 0 Å². The van der Waals surface area contributed by atoms with E-state index in [1.165, 1.54) is 16.7 Å². The summed E-state index contributed by atoms with van der Waals surface area (Å²) < 4.78 is 5.65. The Morgan fingerprint density at radius 3 is 2.07 bits per heavy atom. The van der Waals surface area contributed by atoms with E-state index in [1.807, 2.05) is 31.2 Å². The topological polar surface area (TPSA) is 38.1 Å². The molecule has 0 spiro atoms. The second-order valence-electron chi connectivity index (χ2n) is 7.12. The third kappa shape index (κ3) is 4.46. The Morgan fingerprint density at radius 1 is 0.793 bits per heavy atom. The molecule has 4 aromatic rings. The van der Waals surface area contributed by atoms with Gasteiger partial charge in [-0.2, -0.15) is 0 Å². The Morgan fingerprint density at radius 2 is 1.38 bits per heavy atom. The summed E-state index contributed by atoms with van der Waals surface area (Å²) in [7, 11) is 0. The fourth-order valence-corrected chi connectivity index (χ4v) is 3.28. The van der Waals surface area contributed by atoms with Crippen LogP contribution in [0.1, 0.15) is 18.2 Å². The predicted octanol–water partition coefficient (Wildman–Crippen LogP) is 6.83. The molecule has 1 aromatic heterocycles. The van der Waals surface area contributed by atoms with Gasteiger partial charge in [-0.15, -0.1) is 0 Å². The highest BCUT2D eigenvalue weighted by Crippen LogP contribution is 2.33. The van der Waals surface area contributed by atoms with E-state index in [0.717, 1.165) is 22.7 Å². The van der Waals surface area contributed by atoms with Crippen LogP contribution >= 0.6 is 0 Å². The Hall–Kier alpha value is -3.59. The molecule has 3 aromatic carbocycles. The van der Waals surface area contributed by atoms with Gasteiger partial charge < -0.3 is 9.84 Å². The van der Waals surface area contributed by atoms with E-state index in [0.29, 0.717) is 0 Å². The maximum absolute atomic E-state index is 5.65. The molecule has 3 heteroatoms. The fraction of sp³-hybridized carbons (Fsp3) is 0.115. The molecule has 4 rings (SSSR count). The SMILES string of the molecule is Cc1noc(-c2ccc(-c3ccccc3)cc2)c1NC(C)/C=C/c1ccccc1. The first-order chi connectivity index (χ1) is 14.2. The van der Waals surface area contributed by atoms with Crippen molar-refractivity contribution in [3.63, 3.8) is 0 Å². The maximum atomic E-state index is 5.65. The average Bonchev–Trinajstić information content (AvgIpc) is 3.14. The lowest BCUT2D eigenvalue weighted by Crippen LogP contribution is -2.12. The van der Waals surface area contributed by atoms with Crippen LogP contribution in [0.3, 0.4) is 0 Å². The molecular formula is C26H24N2O. The number of rotatable bonds is 6. The Kier molecular flexibility index (Phi) is 5.57. The zero-order valence-corrected chi connectivity index (χ0v) is 16.7. The summed E-state index contributed by atoms with van der Waals surface area (Å²) in [5, 5.41) is 7.71. The van der Waals surface area contributed by atoms with Crippen LogP contribution in [0.25, 0.3) is 28.5 Å².